The van der Waals surface area contributed by atoms with Crippen molar-refractivity contribution in [3.8, 4) is 11.1 Å². The number of carboxylic acid groups (broad SMARTS) is 1. The minimum Gasteiger partial charge on any atom is -0.481 e. The highest BCUT2D eigenvalue weighted by atomic mass is 19.4. The Balaban J connectivity index is 2.92. The van der Waals surface area contributed by atoms with Crippen LogP contribution >= 0.6 is 0 Å². The highest BCUT2D eigenvalue weighted by Gasteiger charge is 2.39. The van der Waals surface area contributed by atoms with Gasteiger partial charge in [0.2, 0.25) is 0 Å². The number of hydrogen-bond acceptors (Lipinski definition) is 2. The summed E-state index contributed by atoms with van der Waals surface area (Å²) >= 11 is 0. The van der Waals surface area contributed by atoms with Crippen LogP contribution < -0.4 is 5.73 Å². The molecule has 0 aliphatic carbocycles. The fraction of sp³-hybridized carbons (Fsp3) is 0.316. The number of rotatable bonds is 4. The first kappa shape index (κ1) is 20.8. The van der Waals surface area contributed by atoms with Crippen LogP contribution in [0.5, 0.6) is 0 Å². The third kappa shape index (κ3) is 3.95. The topological polar surface area (TPSA) is 63.3 Å². The van der Waals surface area contributed by atoms with Crippen molar-refractivity contribution in [2.75, 3.05) is 0 Å². The number of aryl methyl sites for hydroxylation is 2. The summed E-state index contributed by atoms with van der Waals surface area (Å²) in [6, 6.07) is 1.99. The molecule has 0 amide bonds. The van der Waals surface area contributed by atoms with Crippen LogP contribution in [-0.2, 0) is 11.0 Å². The van der Waals surface area contributed by atoms with E-state index in [9.17, 15) is 22.4 Å². The van der Waals surface area contributed by atoms with E-state index in [2.05, 4.69) is 0 Å². The number of halogens is 5. The summed E-state index contributed by atoms with van der Waals surface area (Å²) in [5, 5.41) is 8.82. The summed E-state index contributed by atoms with van der Waals surface area (Å²) < 4.78 is 69.6. The van der Waals surface area contributed by atoms with Gasteiger partial charge in [0, 0.05) is 17.2 Å². The van der Waals surface area contributed by atoms with E-state index in [0.717, 1.165) is 0 Å². The predicted molar refractivity (Wildman–Crippen MR) is 90.2 cm³/mol. The second kappa shape index (κ2) is 7.26. The SMILES string of the molecule is Cc1ccc(C)c(-c2cc(C(F)(F)F)c(F)c([C@@H](N)CC(=O)O)c2F)c1C. The molecule has 0 spiro atoms. The standard InChI is InChI=1S/C19H18F5NO2/c1-8-4-5-9(2)15(10(8)3)11-6-12(19(22,23)24)18(21)16(17(11)20)13(25)7-14(26)27/h4-6,13H,7,25H2,1-3H3,(H,26,27)/t13-/m0/s1. The van der Waals surface area contributed by atoms with E-state index in [-0.39, 0.29) is 5.56 Å². The quantitative estimate of drug-likeness (QED) is 0.722. The molecule has 2 rings (SSSR count). The number of nitrogens with two attached hydrogens (primary N) is 1. The zero-order chi connectivity index (χ0) is 20.7. The maximum absolute atomic E-state index is 15.1. The van der Waals surface area contributed by atoms with Gasteiger partial charge in [0.05, 0.1) is 12.0 Å². The summed E-state index contributed by atoms with van der Waals surface area (Å²) in [6.07, 6.45) is -6.02. The van der Waals surface area contributed by atoms with Crippen molar-refractivity contribution in [2.24, 2.45) is 5.73 Å². The van der Waals surface area contributed by atoms with E-state index in [1.807, 2.05) is 0 Å². The Bertz CT molecular complexity index is 906. The number of aliphatic carboxylic acids is 1. The second-order valence-electron chi connectivity index (χ2n) is 6.41. The van der Waals surface area contributed by atoms with E-state index in [4.69, 9.17) is 10.8 Å². The summed E-state index contributed by atoms with van der Waals surface area (Å²) in [4.78, 5) is 10.8. The van der Waals surface area contributed by atoms with E-state index in [1.54, 1.807) is 32.9 Å². The lowest BCUT2D eigenvalue weighted by molar-refractivity contribution is -0.140. The third-order valence-electron chi connectivity index (χ3n) is 4.52. The normalized spacial score (nSPS) is 12.9. The minimum absolute atomic E-state index is 0.196. The molecule has 146 valence electrons. The fourth-order valence-electron chi connectivity index (χ4n) is 3.03. The first-order valence-electron chi connectivity index (χ1n) is 7.99. The molecule has 0 bridgehead atoms. The monoisotopic (exact) mass is 387 g/mol. The Kier molecular flexibility index (Phi) is 5.60. The van der Waals surface area contributed by atoms with E-state index in [1.165, 1.54) is 0 Å². The van der Waals surface area contributed by atoms with Crippen molar-refractivity contribution < 1.29 is 31.9 Å². The van der Waals surface area contributed by atoms with Gasteiger partial charge in [0.15, 0.2) is 0 Å². The van der Waals surface area contributed by atoms with Crippen LogP contribution in [0.3, 0.4) is 0 Å². The van der Waals surface area contributed by atoms with E-state index < -0.39 is 52.9 Å². The molecule has 0 saturated carbocycles. The molecule has 0 aliphatic heterocycles. The molecule has 27 heavy (non-hydrogen) atoms. The van der Waals surface area contributed by atoms with Crippen molar-refractivity contribution in [1.82, 2.24) is 0 Å². The number of carbonyl (C=O) groups is 1. The summed E-state index contributed by atoms with van der Waals surface area (Å²) in [7, 11) is 0. The first-order chi connectivity index (χ1) is 12.4. The molecule has 2 aromatic rings. The van der Waals surface area contributed by atoms with Crippen molar-refractivity contribution in [3.05, 3.63) is 57.7 Å². The van der Waals surface area contributed by atoms with Crippen LogP contribution in [0.1, 0.15) is 40.3 Å². The largest absolute Gasteiger partial charge is 0.481 e. The molecule has 0 radical (unpaired) electrons. The second-order valence-corrected chi connectivity index (χ2v) is 6.41. The molecular formula is C19H18F5NO2. The van der Waals surface area contributed by atoms with Crippen LogP contribution in [-0.4, -0.2) is 11.1 Å². The smallest absolute Gasteiger partial charge is 0.419 e. The van der Waals surface area contributed by atoms with Gasteiger partial charge in [-0.1, -0.05) is 12.1 Å². The van der Waals surface area contributed by atoms with Gasteiger partial charge in [0.25, 0.3) is 0 Å². The molecule has 3 nitrogen and oxygen atoms in total. The Hall–Kier alpha value is -2.48. The number of hydrogen-bond donors (Lipinski definition) is 2. The number of benzene rings is 2. The summed E-state index contributed by atoms with van der Waals surface area (Å²) in [6.45, 7) is 4.92. The molecule has 3 N–H and O–H groups in total. The summed E-state index contributed by atoms with van der Waals surface area (Å²) in [5.74, 6) is -4.66. The molecular weight excluding hydrogens is 369 g/mol. The Morgan fingerprint density at radius 1 is 1.11 bits per heavy atom. The van der Waals surface area contributed by atoms with Crippen LogP contribution in [0, 0.1) is 32.4 Å². The molecule has 0 aromatic heterocycles. The maximum Gasteiger partial charge on any atom is 0.419 e. The lowest BCUT2D eigenvalue weighted by atomic mass is 9.88. The van der Waals surface area contributed by atoms with Gasteiger partial charge in [-0.05, 0) is 49.1 Å². The van der Waals surface area contributed by atoms with Crippen molar-refractivity contribution in [1.29, 1.82) is 0 Å². The van der Waals surface area contributed by atoms with Gasteiger partial charge in [-0.2, -0.15) is 13.2 Å². The number of alkyl halides is 3. The van der Waals surface area contributed by atoms with Crippen LogP contribution in [0.4, 0.5) is 22.0 Å². The Morgan fingerprint density at radius 2 is 1.67 bits per heavy atom. The maximum atomic E-state index is 15.1. The highest BCUT2D eigenvalue weighted by molar-refractivity contribution is 5.75. The third-order valence-corrected chi connectivity index (χ3v) is 4.52. The van der Waals surface area contributed by atoms with Gasteiger partial charge < -0.3 is 10.8 Å². The van der Waals surface area contributed by atoms with Gasteiger partial charge in [-0.15, -0.1) is 0 Å². The Labute approximate surface area is 152 Å². The Morgan fingerprint density at radius 3 is 2.19 bits per heavy atom. The average Bonchev–Trinajstić information content (AvgIpc) is 2.51. The molecule has 0 heterocycles. The van der Waals surface area contributed by atoms with E-state index in [0.29, 0.717) is 22.8 Å². The lowest BCUT2D eigenvalue weighted by Crippen LogP contribution is -2.21. The van der Waals surface area contributed by atoms with Crippen molar-refractivity contribution in [2.45, 2.75) is 39.4 Å². The predicted octanol–water partition coefficient (Wildman–Crippen LogP) is 5.05. The molecule has 0 unspecified atom stereocenters. The zero-order valence-corrected chi connectivity index (χ0v) is 14.8. The molecule has 0 fully saturated rings. The summed E-state index contributed by atoms with van der Waals surface area (Å²) in [5.41, 5.74) is 4.25. The lowest BCUT2D eigenvalue weighted by Gasteiger charge is -2.21. The van der Waals surface area contributed by atoms with Crippen molar-refractivity contribution >= 4 is 5.97 Å². The first-order valence-corrected chi connectivity index (χ1v) is 7.99. The highest BCUT2D eigenvalue weighted by Crippen LogP contribution is 2.41. The van der Waals surface area contributed by atoms with Crippen LogP contribution in [0.15, 0.2) is 18.2 Å². The number of carboxylic acids is 1. The molecule has 2 aromatic carbocycles. The molecule has 0 aliphatic rings. The van der Waals surface area contributed by atoms with Gasteiger partial charge >= 0.3 is 12.1 Å². The zero-order valence-electron chi connectivity index (χ0n) is 14.8. The van der Waals surface area contributed by atoms with Crippen molar-refractivity contribution in [3.63, 3.8) is 0 Å². The van der Waals surface area contributed by atoms with Gasteiger partial charge in [0.1, 0.15) is 11.6 Å². The van der Waals surface area contributed by atoms with Crippen LogP contribution in [0.25, 0.3) is 11.1 Å². The van der Waals surface area contributed by atoms with Crippen LogP contribution in [0.2, 0.25) is 0 Å². The average molecular weight is 387 g/mol. The minimum atomic E-state index is -5.10. The molecule has 8 heteroatoms. The van der Waals surface area contributed by atoms with Gasteiger partial charge in [-0.25, -0.2) is 8.78 Å². The fourth-order valence-corrected chi connectivity index (χ4v) is 3.03. The molecule has 1 atom stereocenters. The van der Waals surface area contributed by atoms with E-state index >= 15 is 4.39 Å². The molecule has 0 saturated heterocycles. The van der Waals surface area contributed by atoms with Gasteiger partial charge in [-0.3, -0.25) is 4.79 Å².